The van der Waals surface area contributed by atoms with E-state index in [-0.39, 0.29) is 17.9 Å². The monoisotopic (exact) mass is 295 g/mol. The number of hydrogen-bond donors (Lipinski definition) is 1. The molecule has 21 heavy (non-hydrogen) atoms. The van der Waals surface area contributed by atoms with Crippen molar-refractivity contribution in [2.45, 2.75) is 37.3 Å². The molecule has 2 heterocycles. The van der Waals surface area contributed by atoms with Crippen LogP contribution in [0.5, 0.6) is 0 Å². The van der Waals surface area contributed by atoms with E-state index in [2.05, 4.69) is 20.6 Å². The van der Waals surface area contributed by atoms with Gasteiger partial charge in [0.1, 0.15) is 5.60 Å². The van der Waals surface area contributed by atoms with Crippen molar-refractivity contribution in [2.24, 2.45) is 5.92 Å². The van der Waals surface area contributed by atoms with Crippen molar-refractivity contribution in [3.05, 3.63) is 5.82 Å². The highest BCUT2D eigenvalue weighted by molar-refractivity contribution is 5.80. The number of nitrogens with zero attached hydrogens (tertiary/aromatic N) is 4. The lowest BCUT2D eigenvalue weighted by atomic mass is 9.69. The number of nitrogens with one attached hydrogen (secondary N) is 1. The number of aromatic nitrogens is 4. The molecule has 1 atom stereocenters. The highest BCUT2D eigenvalue weighted by Crippen LogP contribution is 2.48. The number of carbonyl (C=O) groups excluding carboxylic acids is 1. The van der Waals surface area contributed by atoms with E-state index in [1.807, 2.05) is 4.90 Å². The third-order valence-electron chi connectivity index (χ3n) is 4.66. The van der Waals surface area contributed by atoms with Crippen molar-refractivity contribution >= 4 is 5.91 Å². The average molecular weight is 295 g/mol. The molecule has 2 fully saturated rings. The lowest BCUT2D eigenvalue weighted by Crippen LogP contribution is -2.52. The molecule has 0 spiro atoms. The van der Waals surface area contributed by atoms with Gasteiger partial charge in [-0.1, -0.05) is 5.21 Å². The Morgan fingerprint density at radius 3 is 2.90 bits per heavy atom. The summed E-state index contributed by atoms with van der Waals surface area (Å²) in [5.41, 5.74) is -0.566. The van der Waals surface area contributed by atoms with Crippen LogP contribution < -0.4 is 0 Å². The Balaban J connectivity index is 1.64. The van der Waals surface area contributed by atoms with Crippen molar-refractivity contribution in [2.75, 3.05) is 27.4 Å². The molecule has 1 aliphatic heterocycles. The Bertz CT molecular complexity index is 486. The molecule has 1 aliphatic carbocycles. The van der Waals surface area contributed by atoms with Gasteiger partial charge in [-0.25, -0.2) is 0 Å². The molecule has 0 bridgehead atoms. The molecular formula is C13H21N5O3. The van der Waals surface area contributed by atoms with Crippen molar-refractivity contribution in [1.29, 1.82) is 0 Å². The normalized spacial score (nSPS) is 32.2. The summed E-state index contributed by atoms with van der Waals surface area (Å²) in [6, 6.07) is 0.213. The van der Waals surface area contributed by atoms with Crippen LogP contribution in [0.3, 0.4) is 0 Å². The predicted molar refractivity (Wildman–Crippen MR) is 72.2 cm³/mol. The Kier molecular flexibility index (Phi) is 3.90. The predicted octanol–water partition coefficient (Wildman–Crippen LogP) is 0.0888. The molecule has 0 aromatic carbocycles. The maximum atomic E-state index is 12.6. The number of ether oxygens (including phenoxy) is 2. The van der Waals surface area contributed by atoms with Gasteiger partial charge in [-0.05, 0) is 25.7 Å². The van der Waals surface area contributed by atoms with Crippen LogP contribution in [0.4, 0.5) is 0 Å². The molecule has 1 aromatic rings. The molecule has 116 valence electrons. The molecular weight excluding hydrogens is 274 g/mol. The molecule has 1 saturated carbocycles. The second kappa shape index (κ2) is 5.69. The zero-order chi connectivity index (χ0) is 14.9. The van der Waals surface area contributed by atoms with Crippen LogP contribution in [0.2, 0.25) is 0 Å². The molecule has 0 radical (unpaired) electrons. The summed E-state index contributed by atoms with van der Waals surface area (Å²) in [5.74, 6) is 0.704. The smallest absolute Gasteiger partial charge is 0.226 e. The van der Waals surface area contributed by atoms with Crippen LogP contribution in [0.25, 0.3) is 0 Å². The van der Waals surface area contributed by atoms with E-state index in [0.717, 1.165) is 19.4 Å². The van der Waals surface area contributed by atoms with E-state index in [1.165, 1.54) is 0 Å². The minimum Gasteiger partial charge on any atom is -0.383 e. The SMILES string of the molecule is COCC1CCCN1C(=O)C1CC(OC)(c2nn[nH]n2)C1. The quantitative estimate of drug-likeness (QED) is 0.827. The van der Waals surface area contributed by atoms with Crippen LogP contribution in [0.15, 0.2) is 0 Å². The summed E-state index contributed by atoms with van der Waals surface area (Å²) in [4.78, 5) is 14.6. The maximum Gasteiger partial charge on any atom is 0.226 e. The van der Waals surface area contributed by atoms with E-state index in [4.69, 9.17) is 9.47 Å². The number of amides is 1. The summed E-state index contributed by atoms with van der Waals surface area (Å²) in [7, 11) is 3.30. The summed E-state index contributed by atoms with van der Waals surface area (Å²) in [6.07, 6.45) is 3.29. The Labute approximate surface area is 123 Å². The number of carbonyl (C=O) groups is 1. The molecule has 8 nitrogen and oxygen atoms in total. The fourth-order valence-corrected chi connectivity index (χ4v) is 3.43. The highest BCUT2D eigenvalue weighted by atomic mass is 16.5. The van der Waals surface area contributed by atoms with E-state index in [0.29, 0.717) is 25.3 Å². The Hall–Kier alpha value is -1.54. The number of H-pyrrole nitrogens is 1. The molecule has 8 heteroatoms. The van der Waals surface area contributed by atoms with Gasteiger partial charge in [0.2, 0.25) is 11.7 Å². The van der Waals surface area contributed by atoms with Crippen molar-refractivity contribution < 1.29 is 14.3 Å². The number of likely N-dealkylation sites (tertiary alicyclic amines) is 1. The highest BCUT2D eigenvalue weighted by Gasteiger charge is 2.53. The van der Waals surface area contributed by atoms with Gasteiger partial charge in [-0.3, -0.25) is 4.79 Å². The van der Waals surface area contributed by atoms with Crippen LogP contribution in [0, 0.1) is 5.92 Å². The van der Waals surface area contributed by atoms with E-state index in [1.54, 1.807) is 14.2 Å². The Morgan fingerprint density at radius 1 is 1.48 bits per heavy atom. The minimum atomic E-state index is -0.566. The topological polar surface area (TPSA) is 93.2 Å². The molecule has 2 aliphatic rings. The van der Waals surface area contributed by atoms with Gasteiger partial charge in [-0.2, -0.15) is 5.21 Å². The van der Waals surface area contributed by atoms with Gasteiger partial charge in [-0.15, -0.1) is 10.2 Å². The minimum absolute atomic E-state index is 0.0269. The lowest BCUT2D eigenvalue weighted by molar-refractivity contribution is -0.162. The van der Waals surface area contributed by atoms with Crippen molar-refractivity contribution in [1.82, 2.24) is 25.5 Å². The lowest BCUT2D eigenvalue weighted by Gasteiger charge is -2.45. The van der Waals surface area contributed by atoms with Gasteiger partial charge in [0, 0.05) is 26.7 Å². The van der Waals surface area contributed by atoms with Gasteiger partial charge in [0.05, 0.1) is 12.6 Å². The number of aromatic amines is 1. The zero-order valence-electron chi connectivity index (χ0n) is 12.4. The van der Waals surface area contributed by atoms with Gasteiger partial charge >= 0.3 is 0 Å². The molecule has 3 rings (SSSR count). The molecule has 1 aromatic heterocycles. The van der Waals surface area contributed by atoms with Crippen molar-refractivity contribution in [3.63, 3.8) is 0 Å². The first kappa shape index (κ1) is 14.4. The fourth-order valence-electron chi connectivity index (χ4n) is 3.43. The standard InChI is InChI=1S/C13H21N5O3/c1-20-8-10-4-3-5-18(10)11(19)9-6-13(7-9,21-2)12-14-16-17-15-12/h9-10H,3-8H2,1-2H3,(H,14,15,16,17). The van der Waals surface area contributed by atoms with Crippen molar-refractivity contribution in [3.8, 4) is 0 Å². The summed E-state index contributed by atoms with van der Waals surface area (Å²) >= 11 is 0. The molecule has 1 saturated heterocycles. The van der Waals surface area contributed by atoms with Crippen LogP contribution in [0.1, 0.15) is 31.5 Å². The van der Waals surface area contributed by atoms with E-state index >= 15 is 0 Å². The largest absolute Gasteiger partial charge is 0.383 e. The summed E-state index contributed by atoms with van der Waals surface area (Å²) < 4.78 is 10.8. The number of rotatable bonds is 5. The zero-order valence-corrected chi connectivity index (χ0v) is 12.4. The van der Waals surface area contributed by atoms with E-state index < -0.39 is 5.60 Å². The number of tetrazole rings is 1. The van der Waals surface area contributed by atoms with Crippen LogP contribution in [-0.2, 0) is 19.9 Å². The summed E-state index contributed by atoms with van der Waals surface area (Å²) in [5, 5.41) is 14.0. The van der Waals surface area contributed by atoms with Crippen LogP contribution >= 0.6 is 0 Å². The second-order valence-electron chi connectivity index (χ2n) is 5.82. The second-order valence-corrected chi connectivity index (χ2v) is 5.82. The average Bonchev–Trinajstić information content (AvgIpc) is 3.09. The maximum absolute atomic E-state index is 12.6. The number of hydrogen-bond acceptors (Lipinski definition) is 6. The molecule has 1 unspecified atom stereocenters. The van der Waals surface area contributed by atoms with Crippen LogP contribution in [-0.4, -0.2) is 64.8 Å². The molecule has 1 N–H and O–H groups in total. The number of methoxy groups -OCH3 is 2. The molecule has 1 amide bonds. The Morgan fingerprint density at radius 2 is 2.29 bits per heavy atom. The first-order valence-electron chi connectivity index (χ1n) is 7.28. The van der Waals surface area contributed by atoms with Gasteiger partial charge < -0.3 is 14.4 Å². The third-order valence-corrected chi connectivity index (χ3v) is 4.66. The third kappa shape index (κ3) is 2.42. The summed E-state index contributed by atoms with van der Waals surface area (Å²) in [6.45, 7) is 1.43. The first-order valence-corrected chi connectivity index (χ1v) is 7.28. The van der Waals surface area contributed by atoms with Gasteiger partial charge in [0.15, 0.2) is 0 Å². The first-order chi connectivity index (χ1) is 10.2. The van der Waals surface area contributed by atoms with E-state index in [9.17, 15) is 4.79 Å². The fraction of sp³-hybridized carbons (Fsp3) is 0.846. The van der Waals surface area contributed by atoms with Gasteiger partial charge in [0.25, 0.3) is 0 Å².